The lowest BCUT2D eigenvalue weighted by molar-refractivity contribution is -0.870. The van der Waals surface area contributed by atoms with Gasteiger partial charge in [-0.1, -0.05) is 221 Å². The maximum Gasteiger partial charge on any atom is 0.306 e. The average molecular weight is 972 g/mol. The molecule has 9 nitrogen and oxygen atoms in total. The van der Waals surface area contributed by atoms with E-state index in [2.05, 4.69) is 98.9 Å². The van der Waals surface area contributed by atoms with E-state index in [0.717, 1.165) is 89.9 Å². The summed E-state index contributed by atoms with van der Waals surface area (Å²) in [5.74, 6) is -0.838. The number of rotatable bonds is 49. The molecule has 68 heavy (non-hydrogen) atoms. The zero-order valence-corrected chi connectivity index (χ0v) is 45.2. The van der Waals surface area contributed by atoms with Gasteiger partial charge in [-0.3, -0.25) is 14.2 Å². The molecule has 0 rings (SSSR count). The van der Waals surface area contributed by atoms with Crippen LogP contribution in [0.2, 0.25) is 0 Å². The first-order valence-corrected chi connectivity index (χ1v) is 28.8. The molecule has 0 heterocycles. The number of phosphoric acid groups is 1. The molecule has 10 heteroatoms. The molecule has 0 aliphatic carbocycles. The van der Waals surface area contributed by atoms with Crippen molar-refractivity contribution in [3.05, 3.63) is 85.1 Å². The predicted molar refractivity (Wildman–Crippen MR) is 286 cm³/mol. The van der Waals surface area contributed by atoms with Crippen LogP contribution >= 0.6 is 7.82 Å². The van der Waals surface area contributed by atoms with Gasteiger partial charge in [-0.2, -0.15) is 0 Å². The van der Waals surface area contributed by atoms with Crippen LogP contribution in [0.4, 0.5) is 0 Å². The van der Waals surface area contributed by atoms with E-state index in [1.807, 2.05) is 21.1 Å². The van der Waals surface area contributed by atoms with Gasteiger partial charge in [0.1, 0.15) is 19.8 Å². The van der Waals surface area contributed by atoms with E-state index < -0.39 is 26.5 Å². The summed E-state index contributed by atoms with van der Waals surface area (Å²) < 4.78 is 34.0. The number of nitrogens with zero attached hydrogens (tertiary/aromatic N) is 1. The van der Waals surface area contributed by atoms with E-state index >= 15 is 0 Å². The van der Waals surface area contributed by atoms with Crippen molar-refractivity contribution in [2.24, 2.45) is 0 Å². The Morgan fingerprint density at radius 3 is 1.25 bits per heavy atom. The minimum atomic E-state index is -4.63. The van der Waals surface area contributed by atoms with Crippen LogP contribution < -0.4 is 4.89 Å². The molecule has 0 saturated heterocycles. The van der Waals surface area contributed by atoms with Crippen molar-refractivity contribution in [2.75, 3.05) is 47.5 Å². The van der Waals surface area contributed by atoms with Gasteiger partial charge in [0.05, 0.1) is 27.7 Å². The first kappa shape index (κ1) is 65.2. The van der Waals surface area contributed by atoms with Gasteiger partial charge in [-0.25, -0.2) is 0 Å². The van der Waals surface area contributed by atoms with Crippen LogP contribution in [0, 0.1) is 0 Å². The Bertz CT molecular complexity index is 1420. The molecular formula is C58H102NO8P. The third-order valence-corrected chi connectivity index (χ3v) is 12.4. The fourth-order valence-corrected chi connectivity index (χ4v) is 7.95. The summed E-state index contributed by atoms with van der Waals surface area (Å²) in [5, 5.41) is 0. The number of phosphoric ester groups is 1. The predicted octanol–water partition coefficient (Wildman–Crippen LogP) is 16.1. The number of likely N-dealkylation sites (N-methyl/N-ethyl adjacent to an activating group) is 1. The normalized spacial score (nSPS) is 14.0. The molecule has 0 N–H and O–H groups in total. The highest BCUT2D eigenvalue weighted by molar-refractivity contribution is 7.45. The van der Waals surface area contributed by atoms with E-state index in [-0.39, 0.29) is 32.0 Å². The molecule has 0 aliphatic rings. The Balaban J connectivity index is 4.10. The third-order valence-electron chi connectivity index (χ3n) is 11.4. The number of esters is 2. The summed E-state index contributed by atoms with van der Waals surface area (Å²) in [6.07, 6.45) is 64.9. The molecule has 0 aromatic rings. The number of quaternary nitrogens is 1. The van der Waals surface area contributed by atoms with Gasteiger partial charge >= 0.3 is 11.9 Å². The molecule has 0 aromatic heterocycles. The van der Waals surface area contributed by atoms with Gasteiger partial charge in [0.25, 0.3) is 7.82 Å². The topological polar surface area (TPSA) is 111 Å². The van der Waals surface area contributed by atoms with Crippen molar-refractivity contribution in [3.63, 3.8) is 0 Å². The summed E-state index contributed by atoms with van der Waals surface area (Å²) in [4.78, 5) is 37.7. The first-order chi connectivity index (χ1) is 33.0. The fraction of sp³-hybridized carbons (Fsp3) is 0.724. The molecular weight excluding hydrogens is 870 g/mol. The van der Waals surface area contributed by atoms with Gasteiger partial charge in [0, 0.05) is 12.8 Å². The molecule has 0 aliphatic heterocycles. The Hall–Kier alpha value is -2.81. The van der Waals surface area contributed by atoms with Crippen molar-refractivity contribution in [1.82, 2.24) is 0 Å². The lowest BCUT2D eigenvalue weighted by atomic mass is 10.0. The third kappa shape index (κ3) is 52.6. The fourth-order valence-electron chi connectivity index (χ4n) is 7.22. The molecule has 2 atom stereocenters. The number of hydrogen-bond acceptors (Lipinski definition) is 8. The minimum Gasteiger partial charge on any atom is -0.756 e. The van der Waals surface area contributed by atoms with Gasteiger partial charge < -0.3 is 27.9 Å². The quantitative estimate of drug-likeness (QED) is 0.0195. The van der Waals surface area contributed by atoms with Crippen LogP contribution in [0.3, 0.4) is 0 Å². The van der Waals surface area contributed by atoms with Crippen LogP contribution in [0.1, 0.15) is 219 Å². The zero-order valence-electron chi connectivity index (χ0n) is 44.3. The first-order valence-electron chi connectivity index (χ1n) is 27.3. The van der Waals surface area contributed by atoms with Crippen molar-refractivity contribution in [2.45, 2.75) is 225 Å². The van der Waals surface area contributed by atoms with E-state index in [1.165, 1.54) is 96.3 Å². The molecule has 2 unspecified atom stereocenters. The van der Waals surface area contributed by atoms with Crippen LogP contribution in [-0.2, 0) is 32.7 Å². The minimum absolute atomic E-state index is 0.0333. The average Bonchev–Trinajstić information content (AvgIpc) is 3.30. The van der Waals surface area contributed by atoms with E-state index in [0.29, 0.717) is 17.4 Å². The second-order valence-corrected chi connectivity index (χ2v) is 20.6. The molecule has 0 spiro atoms. The lowest BCUT2D eigenvalue weighted by Crippen LogP contribution is -2.37. The van der Waals surface area contributed by atoms with Crippen LogP contribution in [0.15, 0.2) is 85.1 Å². The summed E-state index contributed by atoms with van der Waals surface area (Å²) in [5.41, 5.74) is 0. The Labute approximate surface area is 418 Å². The van der Waals surface area contributed by atoms with Crippen LogP contribution in [0.5, 0.6) is 0 Å². The molecule has 0 radical (unpaired) electrons. The van der Waals surface area contributed by atoms with Crippen LogP contribution in [-0.4, -0.2) is 70.0 Å². The van der Waals surface area contributed by atoms with Gasteiger partial charge in [0.2, 0.25) is 0 Å². The standard InChI is InChI=1S/C58H102NO8P/c1-6-8-10-12-14-16-18-19-20-21-22-23-24-25-26-27-28-29-30-31-32-33-34-35-36-37-38-39-41-43-45-47-49-51-58(61)67-56(55-66-68(62,63)65-53-52-59(3,4)5)54-64-57(60)50-48-46-44-42-40-17-15-13-11-9-7-2/h8,10,14,16,19-20,22-23,25-26,28-29,31-32,56H,6-7,9,11-13,15,17-18,21,24,27,30,33-55H2,1-5H3/b10-8-,16-14-,20-19-,23-22-,26-25-,29-28-,32-31-. The number of ether oxygens (including phenoxy) is 2. The molecule has 0 aromatic carbocycles. The van der Waals surface area contributed by atoms with Crippen molar-refractivity contribution >= 4 is 19.8 Å². The molecule has 0 fully saturated rings. The van der Waals surface area contributed by atoms with Gasteiger partial charge in [-0.05, 0) is 70.6 Å². The largest absolute Gasteiger partial charge is 0.756 e. The van der Waals surface area contributed by atoms with Crippen LogP contribution in [0.25, 0.3) is 0 Å². The maximum atomic E-state index is 12.7. The Kier molecular flexibility index (Phi) is 47.2. The van der Waals surface area contributed by atoms with Gasteiger partial charge in [0.15, 0.2) is 6.10 Å². The molecule has 392 valence electrons. The van der Waals surface area contributed by atoms with Crippen molar-refractivity contribution in [3.8, 4) is 0 Å². The van der Waals surface area contributed by atoms with Crippen molar-refractivity contribution in [1.29, 1.82) is 0 Å². The highest BCUT2D eigenvalue weighted by Crippen LogP contribution is 2.38. The molecule has 0 bridgehead atoms. The second kappa shape index (κ2) is 49.2. The van der Waals surface area contributed by atoms with E-state index in [9.17, 15) is 19.0 Å². The zero-order chi connectivity index (χ0) is 49.9. The summed E-state index contributed by atoms with van der Waals surface area (Å²) >= 11 is 0. The number of hydrogen-bond donors (Lipinski definition) is 0. The summed E-state index contributed by atoms with van der Waals surface area (Å²) in [6.45, 7) is 4.11. The number of carbonyl (C=O) groups is 2. The van der Waals surface area contributed by atoms with Gasteiger partial charge in [-0.15, -0.1) is 0 Å². The molecule has 0 saturated carbocycles. The summed E-state index contributed by atoms with van der Waals surface area (Å²) in [6, 6.07) is 0. The number of carbonyl (C=O) groups excluding carboxylic acids is 2. The second-order valence-electron chi connectivity index (χ2n) is 19.2. The SMILES string of the molecule is CC/C=C\C/C=C\C/C=C\C/C=C\C/C=C\C/C=C\C/C=C\CCCCCCCCCCCCCC(=O)OC(COC(=O)CCCCCCCCCCCCC)COP(=O)([O-])OCC[N+](C)(C)C. The Morgan fingerprint density at radius 2 is 0.838 bits per heavy atom. The van der Waals surface area contributed by atoms with E-state index in [1.54, 1.807) is 0 Å². The maximum absolute atomic E-state index is 12.7. The monoisotopic (exact) mass is 972 g/mol. The number of unbranched alkanes of at least 4 members (excludes halogenated alkanes) is 21. The van der Waals surface area contributed by atoms with E-state index in [4.69, 9.17) is 18.5 Å². The van der Waals surface area contributed by atoms with Crippen molar-refractivity contribution < 1.29 is 42.1 Å². The lowest BCUT2D eigenvalue weighted by Gasteiger charge is -2.28. The number of allylic oxidation sites excluding steroid dienone is 14. The summed E-state index contributed by atoms with van der Waals surface area (Å²) in [7, 11) is 1.16. The highest BCUT2D eigenvalue weighted by Gasteiger charge is 2.21. The smallest absolute Gasteiger partial charge is 0.306 e. The molecule has 0 amide bonds. The highest BCUT2D eigenvalue weighted by atomic mass is 31.2. The Morgan fingerprint density at radius 1 is 0.471 bits per heavy atom.